The Morgan fingerprint density at radius 3 is 2.27 bits per heavy atom. The summed E-state index contributed by atoms with van der Waals surface area (Å²) in [6.45, 7) is 5.73. The Bertz CT molecular complexity index is 251. The Morgan fingerprint density at radius 2 is 1.73 bits per heavy atom. The molecule has 0 bridgehead atoms. The summed E-state index contributed by atoms with van der Waals surface area (Å²) in [6, 6.07) is 0.666. The van der Waals surface area contributed by atoms with Crippen molar-refractivity contribution in [2.45, 2.75) is 64.1 Å². The van der Waals surface area contributed by atoms with Gasteiger partial charge in [0.15, 0.2) is 0 Å². The highest BCUT2D eigenvalue weighted by atomic mass is 16.5. The smallest absolute Gasteiger partial charge is 0.119 e. The molecule has 3 rings (SSSR count). The molecule has 0 aromatic rings. The first kappa shape index (κ1) is 10.1. The molecular weight excluding hydrogens is 186 g/mol. The van der Waals surface area contributed by atoms with Crippen LogP contribution >= 0.6 is 0 Å². The van der Waals surface area contributed by atoms with Crippen LogP contribution in [0.3, 0.4) is 0 Å². The van der Waals surface area contributed by atoms with E-state index in [2.05, 4.69) is 19.2 Å². The number of hydrogen-bond donors (Lipinski definition) is 1. The Labute approximate surface area is 92.8 Å². The van der Waals surface area contributed by atoms with Crippen molar-refractivity contribution >= 4 is 0 Å². The van der Waals surface area contributed by atoms with Crippen LogP contribution in [0.4, 0.5) is 0 Å². The molecule has 1 heterocycles. The molecule has 2 heteroatoms. The van der Waals surface area contributed by atoms with Gasteiger partial charge in [-0.1, -0.05) is 6.92 Å². The molecule has 1 unspecified atom stereocenters. The average Bonchev–Trinajstić information content (AvgIpc) is 2.99. The lowest BCUT2D eigenvalue weighted by atomic mass is 9.82. The third-order valence-corrected chi connectivity index (χ3v) is 5.01. The van der Waals surface area contributed by atoms with Gasteiger partial charge >= 0.3 is 0 Å². The predicted octanol–water partition coefficient (Wildman–Crippen LogP) is 2.68. The number of ether oxygens (including phenoxy) is 1. The van der Waals surface area contributed by atoms with E-state index in [4.69, 9.17) is 4.74 Å². The van der Waals surface area contributed by atoms with Crippen molar-refractivity contribution in [3.8, 4) is 0 Å². The zero-order chi connectivity index (χ0) is 10.5. The fraction of sp³-hybridized carbons (Fsp3) is 1.00. The van der Waals surface area contributed by atoms with Crippen LogP contribution in [0.25, 0.3) is 0 Å². The van der Waals surface area contributed by atoms with Crippen LogP contribution in [-0.2, 0) is 4.74 Å². The summed E-state index contributed by atoms with van der Waals surface area (Å²) in [7, 11) is 0. The minimum Gasteiger partial charge on any atom is -0.360 e. The van der Waals surface area contributed by atoms with Gasteiger partial charge in [-0.15, -0.1) is 0 Å². The van der Waals surface area contributed by atoms with Crippen molar-refractivity contribution in [1.82, 2.24) is 5.32 Å². The number of hydrogen-bond acceptors (Lipinski definition) is 2. The summed E-state index contributed by atoms with van der Waals surface area (Å²) in [5.74, 6) is 0.896. The average molecular weight is 209 g/mol. The molecule has 3 aliphatic rings. The summed E-state index contributed by atoms with van der Waals surface area (Å²) in [6.07, 6.45) is 7.82. The highest BCUT2D eigenvalue weighted by molar-refractivity contribution is 5.06. The van der Waals surface area contributed by atoms with Crippen molar-refractivity contribution in [3.05, 3.63) is 0 Å². The van der Waals surface area contributed by atoms with Gasteiger partial charge in [0.1, 0.15) is 5.72 Å². The Morgan fingerprint density at radius 1 is 1.07 bits per heavy atom. The van der Waals surface area contributed by atoms with Crippen LogP contribution < -0.4 is 5.32 Å². The van der Waals surface area contributed by atoms with Crippen molar-refractivity contribution in [2.24, 2.45) is 11.3 Å². The van der Waals surface area contributed by atoms with Gasteiger partial charge in [0.05, 0.1) is 6.61 Å². The normalized spacial score (nSPS) is 48.4. The van der Waals surface area contributed by atoms with Crippen LogP contribution in [0, 0.1) is 11.3 Å². The Balaban J connectivity index is 1.68. The molecular formula is C13H23NO. The molecule has 2 saturated carbocycles. The van der Waals surface area contributed by atoms with Crippen LogP contribution in [0.1, 0.15) is 52.4 Å². The van der Waals surface area contributed by atoms with Crippen molar-refractivity contribution in [2.75, 3.05) is 6.61 Å². The molecule has 15 heavy (non-hydrogen) atoms. The van der Waals surface area contributed by atoms with E-state index in [1.54, 1.807) is 0 Å². The molecule has 0 radical (unpaired) electrons. The van der Waals surface area contributed by atoms with Crippen molar-refractivity contribution in [1.29, 1.82) is 0 Å². The Kier molecular flexibility index (Phi) is 2.16. The third-order valence-electron chi connectivity index (χ3n) is 5.01. The molecule has 0 aromatic heterocycles. The zero-order valence-electron chi connectivity index (χ0n) is 10.0. The Hall–Kier alpha value is -0.0800. The van der Waals surface area contributed by atoms with Gasteiger partial charge in [-0.25, -0.2) is 0 Å². The van der Waals surface area contributed by atoms with Crippen LogP contribution in [0.2, 0.25) is 0 Å². The molecule has 2 spiro atoms. The third kappa shape index (κ3) is 1.62. The fourth-order valence-electron chi connectivity index (χ4n) is 3.25. The molecule has 2 aliphatic carbocycles. The largest absolute Gasteiger partial charge is 0.360 e. The minimum atomic E-state index is 0.0553. The molecule has 1 aliphatic heterocycles. The van der Waals surface area contributed by atoms with Gasteiger partial charge in [-0.2, -0.15) is 0 Å². The first-order valence-electron chi connectivity index (χ1n) is 6.56. The summed E-state index contributed by atoms with van der Waals surface area (Å²) in [5.41, 5.74) is 0.577. The summed E-state index contributed by atoms with van der Waals surface area (Å²) in [4.78, 5) is 0. The first-order chi connectivity index (χ1) is 7.14. The van der Waals surface area contributed by atoms with Gasteiger partial charge in [-0.3, -0.25) is 5.32 Å². The van der Waals surface area contributed by atoms with E-state index in [0.717, 1.165) is 12.5 Å². The van der Waals surface area contributed by atoms with Crippen LogP contribution in [0.15, 0.2) is 0 Å². The first-order valence-corrected chi connectivity index (χ1v) is 6.56. The molecule has 2 nitrogen and oxygen atoms in total. The number of nitrogens with one attached hydrogen (secondary N) is 1. The van der Waals surface area contributed by atoms with E-state index in [1.807, 2.05) is 0 Å². The van der Waals surface area contributed by atoms with Crippen LogP contribution in [0.5, 0.6) is 0 Å². The topological polar surface area (TPSA) is 21.3 Å². The molecule has 0 amide bonds. The second kappa shape index (κ2) is 3.21. The van der Waals surface area contributed by atoms with E-state index >= 15 is 0 Å². The lowest BCUT2D eigenvalue weighted by molar-refractivity contribution is -0.159. The fourth-order valence-corrected chi connectivity index (χ4v) is 3.25. The molecule has 86 valence electrons. The zero-order valence-corrected chi connectivity index (χ0v) is 10.0. The van der Waals surface area contributed by atoms with Crippen LogP contribution in [-0.4, -0.2) is 18.4 Å². The molecule has 3 fully saturated rings. The van der Waals surface area contributed by atoms with Gasteiger partial charge in [0.2, 0.25) is 0 Å². The quantitative estimate of drug-likeness (QED) is 0.662. The van der Waals surface area contributed by atoms with E-state index in [-0.39, 0.29) is 5.72 Å². The van der Waals surface area contributed by atoms with E-state index in [1.165, 1.54) is 38.5 Å². The lowest BCUT2D eigenvalue weighted by Gasteiger charge is -2.48. The van der Waals surface area contributed by atoms with E-state index in [0.29, 0.717) is 11.5 Å². The second-order valence-electron chi connectivity index (χ2n) is 6.19. The van der Waals surface area contributed by atoms with Gasteiger partial charge < -0.3 is 4.74 Å². The van der Waals surface area contributed by atoms with E-state index in [9.17, 15) is 0 Å². The maximum atomic E-state index is 6.19. The summed E-state index contributed by atoms with van der Waals surface area (Å²) >= 11 is 0. The summed E-state index contributed by atoms with van der Waals surface area (Å²) in [5, 5.41) is 3.78. The standard InChI is InChI=1S/C13H23NO/c1-10-3-5-13(6-4-10)14-11(2)12(7-8-12)9-15-13/h10-11,14H,3-9H2,1-2H3. The maximum absolute atomic E-state index is 6.19. The lowest BCUT2D eigenvalue weighted by Crippen LogP contribution is -2.61. The predicted molar refractivity (Wildman–Crippen MR) is 60.6 cm³/mol. The van der Waals surface area contributed by atoms with Gasteiger partial charge in [-0.05, 0) is 51.4 Å². The second-order valence-corrected chi connectivity index (χ2v) is 6.19. The van der Waals surface area contributed by atoms with Crippen molar-refractivity contribution in [3.63, 3.8) is 0 Å². The molecule has 0 aromatic carbocycles. The highest BCUT2D eigenvalue weighted by Gasteiger charge is 2.54. The maximum Gasteiger partial charge on any atom is 0.119 e. The molecule has 1 N–H and O–H groups in total. The minimum absolute atomic E-state index is 0.0553. The SMILES string of the molecule is CC1CCC2(CC1)NC(C)C1(CC1)CO2. The van der Waals surface area contributed by atoms with Gasteiger partial charge in [0.25, 0.3) is 0 Å². The molecule has 1 saturated heterocycles. The van der Waals surface area contributed by atoms with E-state index < -0.39 is 0 Å². The summed E-state index contributed by atoms with van der Waals surface area (Å²) < 4.78 is 6.19. The number of rotatable bonds is 0. The monoisotopic (exact) mass is 209 g/mol. The highest BCUT2D eigenvalue weighted by Crippen LogP contribution is 2.53. The van der Waals surface area contributed by atoms with Crippen molar-refractivity contribution < 1.29 is 4.74 Å². The van der Waals surface area contributed by atoms with Gasteiger partial charge in [0, 0.05) is 11.5 Å². The molecule has 1 atom stereocenters.